The van der Waals surface area contributed by atoms with Crippen LogP contribution in [0.25, 0.3) is 11.4 Å². The first-order valence-electron chi connectivity index (χ1n) is 8.73. The van der Waals surface area contributed by atoms with Crippen LogP contribution in [0.2, 0.25) is 5.02 Å². The summed E-state index contributed by atoms with van der Waals surface area (Å²) in [5, 5.41) is 3.95. The summed E-state index contributed by atoms with van der Waals surface area (Å²) in [7, 11) is 0. The van der Waals surface area contributed by atoms with Gasteiger partial charge in [-0.05, 0) is 42.2 Å². The maximum absolute atomic E-state index is 13.3. The van der Waals surface area contributed by atoms with Gasteiger partial charge in [-0.2, -0.15) is 4.98 Å². The van der Waals surface area contributed by atoms with E-state index >= 15 is 0 Å². The van der Waals surface area contributed by atoms with E-state index in [0.717, 1.165) is 5.56 Å². The third-order valence-electron chi connectivity index (χ3n) is 4.72. The van der Waals surface area contributed by atoms with Gasteiger partial charge in [-0.3, -0.25) is 4.79 Å². The standard InChI is InChI=1S/C20H17ClFN3O2S/c1-28-15-5-2-12(3-6-15)10-25-11-14(9-18(25)26)20-23-19(24-27-20)13-4-7-17(22)16(21)8-13/h2-8,14H,9-11H2,1H3. The Balaban J connectivity index is 1.46. The number of benzene rings is 2. The Labute approximate surface area is 170 Å². The van der Waals surface area contributed by atoms with Crippen molar-refractivity contribution in [1.29, 1.82) is 0 Å². The lowest BCUT2D eigenvalue weighted by atomic mass is 10.1. The van der Waals surface area contributed by atoms with Gasteiger partial charge in [0.25, 0.3) is 0 Å². The van der Waals surface area contributed by atoms with Crippen molar-refractivity contribution in [2.45, 2.75) is 23.8 Å². The monoisotopic (exact) mass is 417 g/mol. The molecule has 4 rings (SSSR count). The summed E-state index contributed by atoms with van der Waals surface area (Å²) in [6.07, 6.45) is 2.36. The minimum Gasteiger partial charge on any atom is -0.339 e. The summed E-state index contributed by atoms with van der Waals surface area (Å²) in [5.41, 5.74) is 1.65. The molecule has 1 aromatic heterocycles. The molecule has 3 aromatic rings. The Bertz CT molecular complexity index is 1010. The fourth-order valence-corrected chi connectivity index (χ4v) is 3.78. The Morgan fingerprint density at radius 3 is 2.79 bits per heavy atom. The number of halogens is 2. The van der Waals surface area contributed by atoms with Crippen molar-refractivity contribution >= 4 is 29.3 Å². The fourth-order valence-electron chi connectivity index (χ4n) is 3.20. The van der Waals surface area contributed by atoms with Crippen LogP contribution < -0.4 is 0 Å². The van der Waals surface area contributed by atoms with Crippen LogP contribution in [-0.4, -0.2) is 33.7 Å². The molecule has 0 N–H and O–H groups in total. The van der Waals surface area contributed by atoms with E-state index < -0.39 is 5.82 Å². The smallest absolute Gasteiger partial charge is 0.232 e. The molecular weight excluding hydrogens is 401 g/mol. The number of likely N-dealkylation sites (tertiary alicyclic amines) is 1. The summed E-state index contributed by atoms with van der Waals surface area (Å²) < 4.78 is 18.7. The van der Waals surface area contributed by atoms with Gasteiger partial charge in [0.05, 0.1) is 10.9 Å². The molecule has 0 spiro atoms. The second-order valence-electron chi connectivity index (χ2n) is 6.61. The zero-order valence-electron chi connectivity index (χ0n) is 15.1. The zero-order valence-corrected chi connectivity index (χ0v) is 16.6. The third-order valence-corrected chi connectivity index (χ3v) is 5.75. The fraction of sp³-hybridized carbons (Fsp3) is 0.250. The zero-order chi connectivity index (χ0) is 19.7. The summed E-state index contributed by atoms with van der Waals surface area (Å²) in [4.78, 5) is 19.8. The van der Waals surface area contributed by atoms with E-state index in [4.69, 9.17) is 16.1 Å². The average molecular weight is 418 g/mol. The van der Waals surface area contributed by atoms with Gasteiger partial charge in [0.1, 0.15) is 5.82 Å². The molecule has 0 radical (unpaired) electrons. The maximum atomic E-state index is 13.3. The molecule has 0 bridgehead atoms. The number of hydrogen-bond acceptors (Lipinski definition) is 5. The first kappa shape index (κ1) is 19.0. The van der Waals surface area contributed by atoms with Gasteiger partial charge in [0, 0.05) is 30.0 Å². The third kappa shape index (κ3) is 3.91. The highest BCUT2D eigenvalue weighted by molar-refractivity contribution is 7.98. The van der Waals surface area contributed by atoms with Crippen molar-refractivity contribution in [3.8, 4) is 11.4 Å². The maximum Gasteiger partial charge on any atom is 0.232 e. The predicted molar refractivity (Wildman–Crippen MR) is 106 cm³/mol. The lowest BCUT2D eigenvalue weighted by molar-refractivity contribution is -0.128. The van der Waals surface area contributed by atoms with E-state index in [1.807, 2.05) is 18.4 Å². The molecule has 1 unspecified atom stereocenters. The number of aromatic nitrogens is 2. The molecule has 1 saturated heterocycles. The van der Waals surface area contributed by atoms with Crippen molar-refractivity contribution in [2.75, 3.05) is 12.8 Å². The van der Waals surface area contributed by atoms with Crippen LogP contribution in [0.1, 0.15) is 23.8 Å². The molecule has 1 aliphatic rings. The normalized spacial score (nSPS) is 16.8. The van der Waals surface area contributed by atoms with Crippen LogP contribution in [0.4, 0.5) is 4.39 Å². The number of nitrogens with zero attached hydrogens (tertiary/aromatic N) is 3. The van der Waals surface area contributed by atoms with Gasteiger partial charge in [-0.25, -0.2) is 4.39 Å². The van der Waals surface area contributed by atoms with Gasteiger partial charge >= 0.3 is 0 Å². The minimum atomic E-state index is -0.503. The van der Waals surface area contributed by atoms with E-state index in [9.17, 15) is 9.18 Å². The van der Waals surface area contributed by atoms with Gasteiger partial charge < -0.3 is 9.42 Å². The molecule has 2 aromatic carbocycles. The average Bonchev–Trinajstić information content (AvgIpc) is 3.32. The SMILES string of the molecule is CSc1ccc(CN2CC(c3nc(-c4ccc(F)c(Cl)c4)no3)CC2=O)cc1. The number of thioether (sulfide) groups is 1. The highest BCUT2D eigenvalue weighted by Crippen LogP contribution is 2.30. The van der Waals surface area contributed by atoms with Crippen LogP contribution >= 0.6 is 23.4 Å². The van der Waals surface area contributed by atoms with Gasteiger partial charge in [0.2, 0.25) is 17.6 Å². The van der Waals surface area contributed by atoms with Crippen LogP contribution in [-0.2, 0) is 11.3 Å². The number of hydrogen-bond donors (Lipinski definition) is 0. The highest BCUT2D eigenvalue weighted by Gasteiger charge is 2.34. The van der Waals surface area contributed by atoms with Crippen LogP contribution in [0.15, 0.2) is 51.9 Å². The molecule has 28 heavy (non-hydrogen) atoms. The molecule has 144 valence electrons. The van der Waals surface area contributed by atoms with Crippen molar-refractivity contribution in [3.05, 3.63) is 64.8 Å². The van der Waals surface area contributed by atoms with E-state index in [0.29, 0.717) is 36.8 Å². The molecule has 1 aliphatic heterocycles. The second kappa shape index (κ2) is 7.93. The van der Waals surface area contributed by atoms with Crippen molar-refractivity contribution in [1.82, 2.24) is 15.0 Å². The van der Waals surface area contributed by atoms with E-state index in [1.54, 1.807) is 22.7 Å². The number of rotatable bonds is 5. The molecule has 0 aliphatic carbocycles. The molecule has 2 heterocycles. The van der Waals surface area contributed by atoms with Crippen molar-refractivity contribution < 1.29 is 13.7 Å². The van der Waals surface area contributed by atoms with E-state index in [1.165, 1.54) is 17.0 Å². The second-order valence-corrected chi connectivity index (χ2v) is 7.90. The molecule has 1 fully saturated rings. The quantitative estimate of drug-likeness (QED) is 0.560. The Morgan fingerprint density at radius 1 is 1.29 bits per heavy atom. The highest BCUT2D eigenvalue weighted by atomic mass is 35.5. The topological polar surface area (TPSA) is 59.2 Å². The van der Waals surface area contributed by atoms with Crippen molar-refractivity contribution in [3.63, 3.8) is 0 Å². The number of carbonyl (C=O) groups excluding carboxylic acids is 1. The van der Waals surface area contributed by atoms with E-state index in [-0.39, 0.29) is 16.8 Å². The van der Waals surface area contributed by atoms with Gasteiger partial charge in [0.15, 0.2) is 0 Å². The first-order chi connectivity index (χ1) is 13.5. The summed E-state index contributed by atoms with van der Waals surface area (Å²) in [6, 6.07) is 12.4. The van der Waals surface area contributed by atoms with Crippen LogP contribution in [0, 0.1) is 5.82 Å². The Hall–Kier alpha value is -2.38. The molecule has 1 amide bonds. The van der Waals surface area contributed by atoms with Crippen molar-refractivity contribution in [2.24, 2.45) is 0 Å². The Kier molecular flexibility index (Phi) is 5.37. The van der Waals surface area contributed by atoms with Crippen LogP contribution in [0.3, 0.4) is 0 Å². The summed E-state index contributed by atoms with van der Waals surface area (Å²) in [5.74, 6) is 0.134. The molecule has 0 saturated carbocycles. The molecule has 8 heteroatoms. The predicted octanol–water partition coefficient (Wildman–Crippen LogP) is 4.77. The molecule has 5 nitrogen and oxygen atoms in total. The van der Waals surface area contributed by atoms with Gasteiger partial charge in [-0.1, -0.05) is 28.9 Å². The molecule has 1 atom stereocenters. The van der Waals surface area contributed by atoms with Crippen LogP contribution in [0.5, 0.6) is 0 Å². The lowest BCUT2D eigenvalue weighted by Gasteiger charge is -2.16. The number of carbonyl (C=O) groups is 1. The summed E-state index contributed by atoms with van der Waals surface area (Å²) >= 11 is 7.50. The minimum absolute atomic E-state index is 0.00133. The summed E-state index contributed by atoms with van der Waals surface area (Å²) in [6.45, 7) is 1.08. The Morgan fingerprint density at radius 2 is 2.07 bits per heavy atom. The number of amides is 1. The lowest BCUT2D eigenvalue weighted by Crippen LogP contribution is -2.24. The first-order valence-corrected chi connectivity index (χ1v) is 10.3. The largest absolute Gasteiger partial charge is 0.339 e. The van der Waals surface area contributed by atoms with Gasteiger partial charge in [-0.15, -0.1) is 11.8 Å². The molecular formula is C20H17ClFN3O2S. The van der Waals surface area contributed by atoms with E-state index in [2.05, 4.69) is 22.3 Å².